The Bertz CT molecular complexity index is 441. The van der Waals surface area contributed by atoms with Crippen molar-refractivity contribution in [3.8, 4) is 0 Å². The van der Waals surface area contributed by atoms with E-state index in [0.717, 1.165) is 39.1 Å². The van der Waals surface area contributed by atoms with Crippen LogP contribution < -0.4 is 16.3 Å². The molecular weight excluding hydrogens is 320 g/mol. The van der Waals surface area contributed by atoms with E-state index in [9.17, 15) is 0 Å². The normalized spacial score (nSPS) is 49.2. The molecule has 3 saturated heterocycles. The van der Waals surface area contributed by atoms with Gasteiger partial charge in [-0.1, -0.05) is 0 Å². The van der Waals surface area contributed by atoms with Crippen LogP contribution in [0.15, 0.2) is 0 Å². The minimum Gasteiger partial charge on any atom is -0.378 e. The molecule has 0 aromatic carbocycles. The van der Waals surface area contributed by atoms with Crippen LogP contribution >= 0.6 is 0 Å². The van der Waals surface area contributed by atoms with Gasteiger partial charge >= 0.3 is 0 Å². The second kappa shape index (κ2) is 8.17. The SMILES string of the molecule is C[C@@H]1OCCOCCN2CC(CN2)C2NNC3CCC(CC32)O[C@@H]1C. The van der Waals surface area contributed by atoms with Crippen molar-refractivity contribution in [2.24, 2.45) is 11.8 Å². The molecule has 4 bridgehead atoms. The molecule has 3 heterocycles. The number of nitrogens with zero attached hydrogens (tertiary/aromatic N) is 1. The second-order valence-corrected chi connectivity index (χ2v) is 8.12. The number of nitrogens with one attached hydrogen (secondary N) is 3. The van der Waals surface area contributed by atoms with Crippen LogP contribution in [0.5, 0.6) is 0 Å². The molecule has 4 aliphatic rings. The standard InChI is InChI=1S/C18H34N4O3/c1-12-13(2)25-15-3-4-17-16(9-15)18(21-20-17)14-10-19-22(11-14)5-6-23-7-8-24-12/h12-21H,3-11H2,1-2H3/t12-,13+,14?,15?,16?,17?,18?/m0/s1. The molecule has 25 heavy (non-hydrogen) atoms. The Balaban J connectivity index is 1.44. The van der Waals surface area contributed by atoms with Gasteiger partial charge in [0.25, 0.3) is 0 Å². The zero-order valence-electron chi connectivity index (χ0n) is 15.6. The lowest BCUT2D eigenvalue weighted by atomic mass is 9.76. The third kappa shape index (κ3) is 4.18. The first-order chi connectivity index (χ1) is 12.2. The zero-order valence-corrected chi connectivity index (χ0v) is 15.6. The average molecular weight is 354 g/mol. The predicted octanol–water partition coefficient (Wildman–Crippen LogP) is 0.277. The Labute approximate surface area is 151 Å². The Morgan fingerprint density at radius 3 is 2.84 bits per heavy atom. The van der Waals surface area contributed by atoms with E-state index in [1.54, 1.807) is 0 Å². The van der Waals surface area contributed by atoms with Gasteiger partial charge in [-0.3, -0.25) is 16.3 Å². The Morgan fingerprint density at radius 2 is 1.92 bits per heavy atom. The predicted molar refractivity (Wildman–Crippen MR) is 94.8 cm³/mol. The molecule has 0 spiro atoms. The maximum absolute atomic E-state index is 6.39. The third-order valence-electron chi connectivity index (χ3n) is 6.47. The number of hydrazine groups is 2. The highest BCUT2D eigenvalue weighted by Gasteiger charge is 2.45. The first kappa shape index (κ1) is 18.1. The minimum atomic E-state index is 0.103. The van der Waals surface area contributed by atoms with Crippen molar-refractivity contribution in [3.63, 3.8) is 0 Å². The van der Waals surface area contributed by atoms with Crippen molar-refractivity contribution < 1.29 is 14.2 Å². The number of ether oxygens (including phenoxy) is 3. The molecule has 8 atom stereocenters. The van der Waals surface area contributed by atoms with Crippen LogP contribution in [0.3, 0.4) is 0 Å². The smallest absolute Gasteiger partial charge is 0.0809 e. The molecule has 0 amide bonds. The maximum atomic E-state index is 6.39. The Hall–Kier alpha value is -0.280. The third-order valence-corrected chi connectivity index (χ3v) is 6.47. The number of fused-ring (bicyclic) bond motifs is 4. The fraction of sp³-hybridized carbons (Fsp3) is 1.00. The average Bonchev–Trinajstić information content (AvgIpc) is 3.23. The summed E-state index contributed by atoms with van der Waals surface area (Å²) in [6.45, 7) is 9.34. The van der Waals surface area contributed by atoms with E-state index in [1.807, 2.05) is 0 Å². The summed E-state index contributed by atoms with van der Waals surface area (Å²) in [7, 11) is 0. The summed E-state index contributed by atoms with van der Waals surface area (Å²) >= 11 is 0. The lowest BCUT2D eigenvalue weighted by molar-refractivity contribution is -0.109. The summed E-state index contributed by atoms with van der Waals surface area (Å²) < 4.78 is 18.0. The van der Waals surface area contributed by atoms with Crippen LogP contribution in [0.4, 0.5) is 0 Å². The highest BCUT2D eigenvalue weighted by molar-refractivity contribution is 5.00. The van der Waals surface area contributed by atoms with E-state index in [-0.39, 0.29) is 12.2 Å². The van der Waals surface area contributed by atoms with E-state index in [0.29, 0.717) is 43.2 Å². The molecule has 4 rings (SSSR count). The Morgan fingerprint density at radius 1 is 1.00 bits per heavy atom. The van der Waals surface area contributed by atoms with E-state index in [2.05, 4.69) is 35.1 Å². The summed E-state index contributed by atoms with van der Waals surface area (Å²) in [5.41, 5.74) is 10.7. The summed E-state index contributed by atoms with van der Waals surface area (Å²) in [6.07, 6.45) is 4.05. The van der Waals surface area contributed by atoms with E-state index in [4.69, 9.17) is 14.2 Å². The van der Waals surface area contributed by atoms with Crippen LogP contribution in [0.25, 0.3) is 0 Å². The molecule has 3 N–H and O–H groups in total. The quantitative estimate of drug-likeness (QED) is 0.577. The molecule has 6 unspecified atom stereocenters. The van der Waals surface area contributed by atoms with Crippen LogP contribution in [0.2, 0.25) is 0 Å². The van der Waals surface area contributed by atoms with Crippen LogP contribution in [0.1, 0.15) is 33.1 Å². The molecule has 0 radical (unpaired) electrons. The number of hydrogen-bond acceptors (Lipinski definition) is 7. The van der Waals surface area contributed by atoms with Gasteiger partial charge in [0.15, 0.2) is 0 Å². The summed E-state index contributed by atoms with van der Waals surface area (Å²) in [5, 5.41) is 2.31. The first-order valence-electron chi connectivity index (χ1n) is 10.0. The molecule has 1 aliphatic carbocycles. The molecule has 3 aliphatic heterocycles. The van der Waals surface area contributed by atoms with Crippen LogP contribution in [-0.4, -0.2) is 74.9 Å². The lowest BCUT2D eigenvalue weighted by Gasteiger charge is -2.36. The number of hydrogen-bond donors (Lipinski definition) is 3. The van der Waals surface area contributed by atoms with Gasteiger partial charge in [0.2, 0.25) is 0 Å². The van der Waals surface area contributed by atoms with Gasteiger partial charge in [-0.2, -0.15) is 0 Å². The molecule has 4 fully saturated rings. The van der Waals surface area contributed by atoms with E-state index >= 15 is 0 Å². The van der Waals surface area contributed by atoms with Crippen molar-refractivity contribution in [3.05, 3.63) is 0 Å². The van der Waals surface area contributed by atoms with Crippen molar-refractivity contribution in [1.82, 2.24) is 21.3 Å². The minimum absolute atomic E-state index is 0.103. The van der Waals surface area contributed by atoms with Crippen LogP contribution in [-0.2, 0) is 14.2 Å². The first-order valence-corrected chi connectivity index (χ1v) is 10.0. The van der Waals surface area contributed by atoms with Crippen molar-refractivity contribution in [2.45, 2.75) is 63.5 Å². The topological polar surface area (TPSA) is 67.0 Å². The van der Waals surface area contributed by atoms with Gasteiger partial charge in [0.05, 0.1) is 38.1 Å². The lowest BCUT2D eigenvalue weighted by Crippen LogP contribution is -2.43. The van der Waals surface area contributed by atoms with E-state index < -0.39 is 0 Å². The molecular formula is C18H34N4O3. The molecule has 7 nitrogen and oxygen atoms in total. The summed E-state index contributed by atoms with van der Waals surface area (Å²) in [5.74, 6) is 1.28. The second-order valence-electron chi connectivity index (χ2n) is 8.12. The van der Waals surface area contributed by atoms with Gasteiger partial charge in [0, 0.05) is 37.6 Å². The van der Waals surface area contributed by atoms with Crippen molar-refractivity contribution in [1.29, 1.82) is 0 Å². The zero-order chi connectivity index (χ0) is 17.2. The van der Waals surface area contributed by atoms with Crippen molar-refractivity contribution in [2.75, 3.05) is 39.5 Å². The largest absolute Gasteiger partial charge is 0.378 e. The monoisotopic (exact) mass is 354 g/mol. The highest BCUT2D eigenvalue weighted by atomic mass is 16.6. The van der Waals surface area contributed by atoms with Gasteiger partial charge in [-0.25, -0.2) is 5.01 Å². The maximum Gasteiger partial charge on any atom is 0.0809 e. The van der Waals surface area contributed by atoms with Gasteiger partial charge in [-0.15, -0.1) is 0 Å². The highest BCUT2D eigenvalue weighted by Crippen LogP contribution is 2.36. The van der Waals surface area contributed by atoms with Crippen LogP contribution in [0, 0.1) is 11.8 Å². The van der Waals surface area contributed by atoms with Crippen molar-refractivity contribution >= 4 is 0 Å². The fourth-order valence-electron chi connectivity index (χ4n) is 4.83. The van der Waals surface area contributed by atoms with Gasteiger partial charge in [-0.05, 0) is 39.0 Å². The molecule has 1 saturated carbocycles. The molecule has 0 aromatic rings. The van der Waals surface area contributed by atoms with Gasteiger partial charge in [0.1, 0.15) is 0 Å². The molecule has 0 aromatic heterocycles. The molecule has 144 valence electrons. The Kier molecular flexibility index (Phi) is 5.91. The fourth-order valence-corrected chi connectivity index (χ4v) is 4.83. The van der Waals surface area contributed by atoms with Gasteiger partial charge < -0.3 is 14.2 Å². The van der Waals surface area contributed by atoms with E-state index in [1.165, 1.54) is 6.42 Å². The summed E-state index contributed by atoms with van der Waals surface area (Å²) in [4.78, 5) is 0. The molecule has 7 heteroatoms. The number of rotatable bonds is 0. The summed E-state index contributed by atoms with van der Waals surface area (Å²) in [6, 6.07) is 1.11.